The highest BCUT2D eigenvalue weighted by atomic mass is 32.2. The van der Waals surface area contributed by atoms with E-state index in [0.717, 1.165) is 35.9 Å². The second kappa shape index (κ2) is 11.1. The van der Waals surface area contributed by atoms with E-state index in [0.29, 0.717) is 5.56 Å². The molecule has 9 nitrogen and oxygen atoms in total. The van der Waals surface area contributed by atoms with Crippen LogP contribution in [0.2, 0.25) is 0 Å². The number of hydrogen-bond donors (Lipinski definition) is 3. The van der Waals surface area contributed by atoms with Gasteiger partial charge in [-0.25, -0.2) is 22.8 Å². The Morgan fingerprint density at radius 1 is 1.21 bits per heavy atom. The third-order valence-corrected chi connectivity index (χ3v) is 8.12. The van der Waals surface area contributed by atoms with Gasteiger partial charge in [-0.2, -0.15) is 13.2 Å². The van der Waals surface area contributed by atoms with Crippen molar-refractivity contribution in [2.75, 3.05) is 13.6 Å². The van der Waals surface area contributed by atoms with Gasteiger partial charge in [0.25, 0.3) is 5.56 Å². The second-order valence-electron chi connectivity index (χ2n) is 9.21. The zero-order chi connectivity index (χ0) is 27.5. The highest BCUT2D eigenvalue weighted by molar-refractivity contribution is 7.89. The second-order valence-corrected chi connectivity index (χ2v) is 11.1. The molecule has 0 spiro atoms. The summed E-state index contributed by atoms with van der Waals surface area (Å²) in [5, 5.41) is 4.57. The molecule has 2 heterocycles. The highest BCUT2D eigenvalue weighted by Crippen LogP contribution is 2.35. The van der Waals surface area contributed by atoms with Crippen LogP contribution in [0.4, 0.5) is 13.2 Å². The van der Waals surface area contributed by atoms with Crippen molar-refractivity contribution in [3.63, 3.8) is 0 Å². The lowest BCUT2D eigenvalue weighted by Gasteiger charge is -2.16. The first-order chi connectivity index (χ1) is 18.0. The summed E-state index contributed by atoms with van der Waals surface area (Å²) in [5.41, 5.74) is 0.706. The number of nitrogens with one attached hydrogen (secondary N) is 3. The van der Waals surface area contributed by atoms with Crippen LogP contribution in [0.5, 0.6) is 0 Å². The van der Waals surface area contributed by atoms with E-state index in [1.807, 2.05) is 5.32 Å². The summed E-state index contributed by atoms with van der Waals surface area (Å²) in [6, 6.07) is 9.93. The molecule has 3 N–H and O–H groups in total. The molecule has 1 aromatic carbocycles. The van der Waals surface area contributed by atoms with Gasteiger partial charge < -0.3 is 5.32 Å². The number of pyridine rings is 1. The molecule has 1 aliphatic carbocycles. The van der Waals surface area contributed by atoms with Crippen molar-refractivity contribution < 1.29 is 26.4 Å². The molecule has 0 aliphatic heterocycles. The molecule has 204 valence electrons. The predicted molar refractivity (Wildman–Crippen MR) is 134 cm³/mol. The fourth-order valence-electron chi connectivity index (χ4n) is 4.75. The number of carbonyl (C=O) groups is 1. The monoisotopic (exact) mass is 551 g/mol. The van der Waals surface area contributed by atoms with Crippen LogP contribution >= 0.6 is 0 Å². The molecule has 13 heteroatoms. The normalized spacial score (nSPS) is 15.5. The van der Waals surface area contributed by atoms with Gasteiger partial charge in [-0.05, 0) is 43.0 Å². The van der Waals surface area contributed by atoms with Crippen molar-refractivity contribution >= 4 is 15.9 Å². The number of benzene rings is 1. The van der Waals surface area contributed by atoms with E-state index >= 15 is 0 Å². The topological polar surface area (TPSA) is 126 Å². The molecule has 4 rings (SSSR count). The van der Waals surface area contributed by atoms with Crippen LogP contribution in [-0.2, 0) is 14.8 Å². The van der Waals surface area contributed by atoms with E-state index in [4.69, 9.17) is 0 Å². The molecule has 38 heavy (non-hydrogen) atoms. The Bertz CT molecular complexity index is 1450. The summed E-state index contributed by atoms with van der Waals surface area (Å²) < 4.78 is 66.9. The number of sulfonamides is 1. The lowest BCUT2D eigenvalue weighted by Crippen LogP contribution is -2.35. The Balaban J connectivity index is 1.75. The molecular formula is C25H28F3N5O4S. The first-order valence-corrected chi connectivity index (χ1v) is 13.6. The van der Waals surface area contributed by atoms with Crippen LogP contribution in [0, 0.1) is 0 Å². The maximum absolute atomic E-state index is 13.6. The number of rotatable bonds is 9. The number of amides is 1. The summed E-state index contributed by atoms with van der Waals surface area (Å²) >= 11 is 0. The van der Waals surface area contributed by atoms with Gasteiger partial charge in [0.05, 0.1) is 0 Å². The van der Waals surface area contributed by atoms with E-state index in [2.05, 4.69) is 14.8 Å². The van der Waals surface area contributed by atoms with Crippen LogP contribution in [0.25, 0.3) is 5.82 Å². The molecule has 1 atom stereocenters. The van der Waals surface area contributed by atoms with Gasteiger partial charge >= 0.3 is 6.18 Å². The Kier molecular flexibility index (Phi) is 8.07. The summed E-state index contributed by atoms with van der Waals surface area (Å²) in [5.74, 6) is -1.75. The summed E-state index contributed by atoms with van der Waals surface area (Å²) in [6.45, 7) is -1.49. The number of nitrogens with zero attached hydrogens (tertiary/aromatic N) is 2. The molecule has 1 unspecified atom stereocenters. The Morgan fingerprint density at radius 3 is 2.53 bits per heavy atom. The maximum Gasteiger partial charge on any atom is 0.405 e. The zero-order valence-corrected chi connectivity index (χ0v) is 21.4. The van der Waals surface area contributed by atoms with Crippen molar-refractivity contribution in [2.24, 2.45) is 0 Å². The molecule has 1 aliphatic rings. The molecule has 0 radical (unpaired) electrons. The number of alkyl halides is 3. The van der Waals surface area contributed by atoms with Crippen molar-refractivity contribution in [1.82, 2.24) is 24.8 Å². The summed E-state index contributed by atoms with van der Waals surface area (Å²) in [6.07, 6.45) is 1.79. The SMILES string of the molecule is CNS(=O)(=O)c1cc(C2CCCC2)cnc1-n1[nH]cc(C(CC(=O)NCC(F)(F)F)c2ccccc2)c1=O. The first kappa shape index (κ1) is 27.6. The minimum absolute atomic E-state index is 0.0767. The van der Waals surface area contributed by atoms with Gasteiger partial charge in [0.15, 0.2) is 5.82 Å². The minimum Gasteiger partial charge on any atom is -0.347 e. The maximum atomic E-state index is 13.6. The molecule has 2 aromatic heterocycles. The average Bonchev–Trinajstić information content (AvgIpc) is 3.56. The summed E-state index contributed by atoms with van der Waals surface area (Å²) in [4.78, 5) is 30.1. The lowest BCUT2D eigenvalue weighted by atomic mass is 9.90. The van der Waals surface area contributed by atoms with Crippen molar-refractivity contribution in [2.45, 2.75) is 55.0 Å². The molecule has 0 bridgehead atoms. The highest BCUT2D eigenvalue weighted by Gasteiger charge is 2.30. The van der Waals surface area contributed by atoms with Crippen LogP contribution in [0.15, 0.2) is 58.5 Å². The van der Waals surface area contributed by atoms with Crippen molar-refractivity contribution in [3.05, 3.63) is 75.8 Å². The minimum atomic E-state index is -4.58. The number of aromatic amines is 1. The molecule has 1 fully saturated rings. The van der Waals surface area contributed by atoms with Gasteiger partial charge in [0.2, 0.25) is 15.9 Å². The van der Waals surface area contributed by atoms with E-state index in [1.165, 1.54) is 19.3 Å². The summed E-state index contributed by atoms with van der Waals surface area (Å²) in [7, 11) is -2.75. The third kappa shape index (κ3) is 6.16. The molecule has 3 aromatic rings. The zero-order valence-electron chi connectivity index (χ0n) is 20.6. The quantitative estimate of drug-likeness (QED) is 0.376. The number of halogens is 3. The van der Waals surface area contributed by atoms with Crippen LogP contribution < -0.4 is 15.6 Å². The first-order valence-electron chi connectivity index (χ1n) is 12.1. The van der Waals surface area contributed by atoms with Gasteiger partial charge in [0, 0.05) is 30.3 Å². The fraction of sp³-hybridized carbons (Fsp3) is 0.400. The Hall–Kier alpha value is -3.45. The van der Waals surface area contributed by atoms with Crippen LogP contribution in [0.1, 0.15) is 60.6 Å². The average molecular weight is 552 g/mol. The van der Waals surface area contributed by atoms with E-state index in [9.17, 15) is 31.2 Å². The largest absolute Gasteiger partial charge is 0.405 e. The van der Waals surface area contributed by atoms with E-state index in [-0.39, 0.29) is 22.2 Å². The Morgan fingerprint density at radius 2 is 1.89 bits per heavy atom. The van der Waals surface area contributed by atoms with Gasteiger partial charge in [-0.1, -0.05) is 43.2 Å². The van der Waals surface area contributed by atoms with Gasteiger partial charge in [-0.15, -0.1) is 0 Å². The number of carbonyl (C=O) groups excluding carboxylic acids is 1. The smallest absolute Gasteiger partial charge is 0.347 e. The van der Waals surface area contributed by atoms with Crippen molar-refractivity contribution in [3.8, 4) is 5.82 Å². The van der Waals surface area contributed by atoms with E-state index < -0.39 is 46.5 Å². The molecular weight excluding hydrogens is 523 g/mol. The van der Waals surface area contributed by atoms with Crippen LogP contribution in [-0.4, -0.2) is 48.9 Å². The Labute approximate surface area is 217 Å². The molecule has 1 amide bonds. The molecule has 1 saturated carbocycles. The third-order valence-electron chi connectivity index (χ3n) is 6.70. The predicted octanol–water partition coefficient (Wildman–Crippen LogP) is 3.33. The lowest BCUT2D eigenvalue weighted by molar-refractivity contribution is -0.138. The number of aromatic nitrogens is 3. The van der Waals surface area contributed by atoms with Crippen LogP contribution in [0.3, 0.4) is 0 Å². The fourth-order valence-corrected chi connectivity index (χ4v) is 5.65. The van der Waals surface area contributed by atoms with Gasteiger partial charge in [0.1, 0.15) is 11.4 Å². The molecule has 0 saturated heterocycles. The standard InChI is InChI=1S/C25H28F3N5O4S/c1-29-38(36,37)21-11-18(16-7-5-6-8-16)13-30-23(21)33-24(35)20(14-32-33)19(17-9-3-2-4-10-17)12-22(34)31-15-25(26,27)28/h2-4,9-11,13-14,16,19,29,32H,5-8,12,15H2,1H3,(H,31,34). The van der Waals surface area contributed by atoms with Gasteiger partial charge in [-0.3, -0.25) is 14.7 Å². The van der Waals surface area contributed by atoms with Crippen molar-refractivity contribution in [1.29, 1.82) is 0 Å². The number of H-pyrrole nitrogens is 1. The number of hydrogen-bond acceptors (Lipinski definition) is 5. The van der Waals surface area contributed by atoms with E-state index in [1.54, 1.807) is 36.5 Å².